The lowest BCUT2D eigenvalue weighted by molar-refractivity contribution is -0.134. The Morgan fingerprint density at radius 2 is 1.93 bits per heavy atom. The van der Waals surface area contributed by atoms with E-state index in [4.69, 9.17) is 9.47 Å². The Morgan fingerprint density at radius 3 is 2.62 bits per heavy atom. The third kappa shape index (κ3) is 5.99. The summed E-state index contributed by atoms with van der Waals surface area (Å²) in [6.07, 6.45) is 1.80. The molecule has 1 aromatic heterocycles. The van der Waals surface area contributed by atoms with Gasteiger partial charge in [0, 0.05) is 55.6 Å². The van der Waals surface area contributed by atoms with E-state index in [-0.39, 0.29) is 18.1 Å². The minimum absolute atomic E-state index is 0.0462. The Kier molecular flexibility index (Phi) is 8.14. The zero-order chi connectivity index (χ0) is 29.1. The number of rotatable bonds is 8. The molecule has 0 radical (unpaired) electrons. The van der Waals surface area contributed by atoms with E-state index in [2.05, 4.69) is 48.3 Å². The highest BCUT2D eigenvalue weighted by Gasteiger charge is 2.34. The number of carbonyl (C=O) groups excluding carboxylic acids is 1. The minimum atomic E-state index is -0.530. The number of aliphatic hydroxyl groups is 1. The summed E-state index contributed by atoms with van der Waals surface area (Å²) in [6, 6.07) is 16.2. The van der Waals surface area contributed by atoms with E-state index in [1.54, 1.807) is 23.1 Å². The van der Waals surface area contributed by atoms with Crippen LogP contribution < -0.4 is 15.0 Å². The number of anilines is 3. The standard InChI is InChI=1S/C30H34N8O4/c1-20-12-26(15-38(20)28(40)16-39)42-27-7-2-21(13-22(27)14-31)29-32-19-33-30(35-29)34-23-3-5-24(6-4-23)36-8-10-37(11-9-36)25-17-41-18-25/h2-7,13,19-20,25-26,39H,8-12,15-18H2,1H3,(H,32,33,34,35)/t20-,26?/m0/s1. The van der Waals surface area contributed by atoms with Crippen molar-refractivity contribution in [1.29, 1.82) is 5.26 Å². The van der Waals surface area contributed by atoms with E-state index >= 15 is 0 Å². The fourth-order valence-corrected chi connectivity index (χ4v) is 5.70. The molecule has 0 saturated carbocycles. The maximum atomic E-state index is 11.9. The molecule has 12 heteroatoms. The highest BCUT2D eigenvalue weighted by molar-refractivity contribution is 5.78. The summed E-state index contributed by atoms with van der Waals surface area (Å²) >= 11 is 0. The average molecular weight is 571 g/mol. The third-order valence-corrected chi connectivity index (χ3v) is 8.16. The molecular formula is C30H34N8O4. The van der Waals surface area contributed by atoms with E-state index < -0.39 is 6.61 Å². The monoisotopic (exact) mass is 570 g/mol. The highest BCUT2D eigenvalue weighted by Crippen LogP contribution is 2.29. The Morgan fingerprint density at radius 1 is 1.14 bits per heavy atom. The number of hydrogen-bond acceptors (Lipinski definition) is 11. The smallest absolute Gasteiger partial charge is 0.248 e. The summed E-state index contributed by atoms with van der Waals surface area (Å²) in [4.78, 5) is 31.6. The van der Waals surface area contributed by atoms with E-state index in [9.17, 15) is 15.2 Å². The Labute approximate surface area is 244 Å². The van der Waals surface area contributed by atoms with Crippen molar-refractivity contribution >= 4 is 23.2 Å². The van der Waals surface area contributed by atoms with Gasteiger partial charge in [-0.2, -0.15) is 10.2 Å². The zero-order valence-corrected chi connectivity index (χ0v) is 23.5. The quantitative estimate of drug-likeness (QED) is 0.411. The first kappa shape index (κ1) is 27.8. The maximum Gasteiger partial charge on any atom is 0.248 e. The van der Waals surface area contributed by atoms with Gasteiger partial charge in [0.1, 0.15) is 30.9 Å². The predicted molar refractivity (Wildman–Crippen MR) is 155 cm³/mol. The molecule has 218 valence electrons. The molecular weight excluding hydrogens is 536 g/mol. The summed E-state index contributed by atoms with van der Waals surface area (Å²) in [7, 11) is 0. The van der Waals surface area contributed by atoms with Gasteiger partial charge in [-0.1, -0.05) is 0 Å². The number of hydrogen-bond donors (Lipinski definition) is 2. The number of carbonyl (C=O) groups is 1. The summed E-state index contributed by atoms with van der Waals surface area (Å²) < 4.78 is 11.4. The normalized spacial score (nSPS) is 21.1. The number of benzene rings is 2. The number of aliphatic hydroxyl groups excluding tert-OH is 1. The summed E-state index contributed by atoms with van der Waals surface area (Å²) in [5.41, 5.74) is 3.05. The van der Waals surface area contributed by atoms with E-state index in [1.807, 2.05) is 19.1 Å². The molecule has 0 spiro atoms. The fraction of sp³-hybridized carbons (Fsp3) is 0.433. The van der Waals surface area contributed by atoms with Crippen LogP contribution in [0.5, 0.6) is 5.75 Å². The van der Waals surface area contributed by atoms with Crippen LogP contribution in [0.4, 0.5) is 17.3 Å². The number of piperazine rings is 1. The number of nitrogens with one attached hydrogen (secondary N) is 1. The summed E-state index contributed by atoms with van der Waals surface area (Å²) in [5.74, 6) is 0.934. The van der Waals surface area contributed by atoms with E-state index in [0.717, 1.165) is 45.1 Å². The van der Waals surface area contributed by atoms with E-state index in [1.165, 1.54) is 12.0 Å². The molecule has 3 aromatic rings. The predicted octanol–water partition coefficient (Wildman–Crippen LogP) is 2.04. The molecule has 2 N–H and O–H groups in total. The van der Waals surface area contributed by atoms with Crippen molar-refractivity contribution in [3.63, 3.8) is 0 Å². The van der Waals surface area contributed by atoms with Crippen LogP contribution in [0.25, 0.3) is 11.4 Å². The van der Waals surface area contributed by atoms with Crippen LogP contribution in [-0.2, 0) is 9.53 Å². The van der Waals surface area contributed by atoms with Crippen LogP contribution in [0.2, 0.25) is 0 Å². The van der Waals surface area contributed by atoms with Gasteiger partial charge in [-0.15, -0.1) is 0 Å². The Hall–Kier alpha value is -4.31. The second-order valence-corrected chi connectivity index (χ2v) is 10.9. The Bertz CT molecular complexity index is 1450. The van der Waals surface area contributed by atoms with Gasteiger partial charge in [0.05, 0.1) is 31.4 Å². The van der Waals surface area contributed by atoms with Crippen molar-refractivity contribution < 1.29 is 19.4 Å². The molecule has 0 aliphatic carbocycles. The molecule has 1 amide bonds. The number of nitriles is 1. The third-order valence-electron chi connectivity index (χ3n) is 8.16. The number of ether oxygens (including phenoxy) is 2. The van der Waals surface area contributed by atoms with Crippen LogP contribution in [-0.4, -0.2) is 106 Å². The molecule has 0 bridgehead atoms. The summed E-state index contributed by atoms with van der Waals surface area (Å²) in [5, 5.41) is 22.3. The maximum absolute atomic E-state index is 11.9. The molecule has 42 heavy (non-hydrogen) atoms. The lowest BCUT2D eigenvalue weighted by Gasteiger charge is -2.43. The van der Waals surface area contributed by atoms with Crippen molar-refractivity contribution in [3.8, 4) is 23.2 Å². The molecule has 4 heterocycles. The minimum Gasteiger partial charge on any atom is -0.487 e. The molecule has 1 unspecified atom stereocenters. The van der Waals surface area contributed by atoms with Gasteiger partial charge in [-0.3, -0.25) is 9.69 Å². The lowest BCUT2D eigenvalue weighted by Crippen LogP contribution is -2.56. The molecule has 3 fully saturated rings. The molecule has 2 atom stereocenters. The van der Waals surface area contributed by atoms with Crippen LogP contribution in [0.1, 0.15) is 18.9 Å². The van der Waals surface area contributed by atoms with Crippen LogP contribution in [0.3, 0.4) is 0 Å². The number of likely N-dealkylation sites (tertiary alicyclic amines) is 1. The second kappa shape index (κ2) is 12.3. The van der Waals surface area contributed by atoms with Gasteiger partial charge < -0.3 is 29.7 Å². The average Bonchev–Trinajstić information content (AvgIpc) is 3.36. The number of aromatic nitrogens is 3. The molecule has 3 saturated heterocycles. The van der Waals surface area contributed by atoms with Crippen LogP contribution in [0, 0.1) is 11.3 Å². The Balaban J connectivity index is 1.09. The van der Waals surface area contributed by atoms with E-state index in [0.29, 0.717) is 47.7 Å². The SMILES string of the molecule is C[C@H]1CC(Oc2ccc(-c3ncnc(Nc4ccc(N5CCN(C6COC6)CC5)cc4)n3)cc2C#N)CN1C(=O)CO. The highest BCUT2D eigenvalue weighted by atomic mass is 16.5. The zero-order valence-electron chi connectivity index (χ0n) is 23.5. The van der Waals surface area contributed by atoms with Crippen molar-refractivity contribution in [1.82, 2.24) is 24.8 Å². The first-order chi connectivity index (χ1) is 20.5. The van der Waals surface area contributed by atoms with Gasteiger partial charge in [-0.05, 0) is 49.4 Å². The summed E-state index contributed by atoms with van der Waals surface area (Å²) in [6.45, 7) is 7.55. The lowest BCUT2D eigenvalue weighted by atomic mass is 10.1. The van der Waals surface area contributed by atoms with Gasteiger partial charge >= 0.3 is 0 Å². The fourth-order valence-electron chi connectivity index (χ4n) is 5.70. The van der Waals surface area contributed by atoms with Gasteiger partial charge in [0.25, 0.3) is 0 Å². The van der Waals surface area contributed by atoms with Crippen molar-refractivity contribution in [2.75, 3.05) is 62.8 Å². The molecule has 12 nitrogen and oxygen atoms in total. The van der Waals surface area contributed by atoms with Crippen molar-refractivity contribution in [2.24, 2.45) is 0 Å². The molecule has 3 aliphatic rings. The topological polar surface area (TPSA) is 140 Å². The largest absolute Gasteiger partial charge is 0.487 e. The van der Waals surface area contributed by atoms with Crippen LogP contribution in [0.15, 0.2) is 48.8 Å². The molecule has 6 rings (SSSR count). The molecule has 3 aliphatic heterocycles. The number of amides is 1. The second-order valence-electron chi connectivity index (χ2n) is 10.9. The first-order valence-corrected chi connectivity index (χ1v) is 14.2. The first-order valence-electron chi connectivity index (χ1n) is 14.2. The number of nitrogens with zero attached hydrogens (tertiary/aromatic N) is 7. The van der Waals surface area contributed by atoms with Crippen molar-refractivity contribution in [3.05, 3.63) is 54.4 Å². The van der Waals surface area contributed by atoms with Gasteiger partial charge in [-0.25, -0.2) is 9.97 Å². The van der Waals surface area contributed by atoms with Gasteiger partial charge in [0.2, 0.25) is 11.9 Å². The molecule has 2 aromatic carbocycles. The van der Waals surface area contributed by atoms with Crippen molar-refractivity contribution in [2.45, 2.75) is 31.5 Å². The van der Waals surface area contributed by atoms with Gasteiger partial charge in [0.15, 0.2) is 5.82 Å². The van der Waals surface area contributed by atoms with Crippen LogP contribution >= 0.6 is 0 Å².